The van der Waals surface area contributed by atoms with E-state index in [9.17, 15) is 0 Å². The molecule has 278 valence electrons. The van der Waals surface area contributed by atoms with Gasteiger partial charge in [-0.15, -0.1) is 0 Å². The third-order valence-electron chi connectivity index (χ3n) is 12.4. The average Bonchev–Trinajstić information content (AvgIpc) is 3.50. The lowest BCUT2D eigenvalue weighted by Gasteiger charge is -2.26. The van der Waals surface area contributed by atoms with Crippen molar-refractivity contribution in [1.29, 1.82) is 0 Å². The second kappa shape index (κ2) is 14.2. The fourth-order valence-electron chi connectivity index (χ4n) is 9.52. The average molecular weight is 745 g/mol. The van der Waals surface area contributed by atoms with Crippen molar-refractivity contribution in [2.24, 2.45) is 11.7 Å². The van der Waals surface area contributed by atoms with Crippen LogP contribution in [0.2, 0.25) is 0 Å². The molecule has 2 aliphatic rings. The van der Waals surface area contributed by atoms with E-state index < -0.39 is 0 Å². The van der Waals surface area contributed by atoms with Gasteiger partial charge in [-0.3, -0.25) is 4.98 Å². The molecule has 0 spiro atoms. The van der Waals surface area contributed by atoms with Crippen molar-refractivity contribution < 1.29 is 0 Å². The zero-order chi connectivity index (χ0) is 39.4. The molecule has 2 N–H and O–H groups in total. The number of hydrogen-bond donors (Lipinski definition) is 1. The summed E-state index contributed by atoms with van der Waals surface area (Å²) in [4.78, 5) is 4.80. The summed E-state index contributed by atoms with van der Waals surface area (Å²) >= 11 is 0. The predicted molar refractivity (Wildman–Crippen MR) is 247 cm³/mol. The van der Waals surface area contributed by atoms with Gasteiger partial charge in [-0.1, -0.05) is 160 Å². The SMILES string of the molecule is C=C/C=C\C=C(/N)C1C=C(c2ccccn2)C=C(c2c3ccccc3c(-c3ccc4c(c3)-c3ccccc3C4(C)C)c3cc(-c4ccc5ccccc5c4)ccc23)C1. The highest BCUT2D eigenvalue weighted by atomic mass is 14.7. The van der Waals surface area contributed by atoms with Crippen LogP contribution in [-0.2, 0) is 5.41 Å². The third kappa shape index (κ3) is 5.92. The van der Waals surface area contributed by atoms with Crippen LogP contribution >= 0.6 is 0 Å². The second-order valence-corrected chi connectivity index (χ2v) is 16.2. The molecule has 58 heavy (non-hydrogen) atoms. The van der Waals surface area contributed by atoms with Crippen LogP contribution in [0.25, 0.3) is 76.8 Å². The number of fused-ring (bicyclic) bond motifs is 6. The van der Waals surface area contributed by atoms with E-state index in [1.54, 1.807) is 6.08 Å². The molecule has 1 heterocycles. The zero-order valence-electron chi connectivity index (χ0n) is 32.9. The number of allylic oxidation sites excluding steroid dienone is 8. The highest BCUT2D eigenvalue weighted by Gasteiger charge is 2.35. The molecular formula is C56H44N2. The van der Waals surface area contributed by atoms with Crippen molar-refractivity contribution >= 4 is 43.5 Å². The van der Waals surface area contributed by atoms with E-state index in [0.717, 1.165) is 23.4 Å². The molecule has 7 aromatic carbocycles. The van der Waals surface area contributed by atoms with Crippen LogP contribution in [0.15, 0.2) is 201 Å². The second-order valence-electron chi connectivity index (χ2n) is 16.2. The molecule has 1 atom stereocenters. The van der Waals surface area contributed by atoms with Gasteiger partial charge in [0.15, 0.2) is 0 Å². The molecule has 10 rings (SSSR count). The lowest BCUT2D eigenvalue weighted by molar-refractivity contribution is 0.660. The minimum Gasteiger partial charge on any atom is -0.402 e. The lowest BCUT2D eigenvalue weighted by Crippen LogP contribution is -2.14. The summed E-state index contributed by atoms with van der Waals surface area (Å²) in [5.74, 6) is -0.0167. The van der Waals surface area contributed by atoms with Crippen molar-refractivity contribution in [3.8, 4) is 33.4 Å². The number of nitrogens with zero attached hydrogens (tertiary/aromatic N) is 1. The molecular weight excluding hydrogens is 701 g/mol. The highest BCUT2D eigenvalue weighted by molar-refractivity contribution is 6.20. The molecule has 1 aromatic heterocycles. The van der Waals surface area contributed by atoms with E-state index in [1.165, 1.54) is 88.0 Å². The molecule has 8 aromatic rings. The van der Waals surface area contributed by atoms with Gasteiger partial charge in [0.1, 0.15) is 0 Å². The molecule has 0 aliphatic heterocycles. The van der Waals surface area contributed by atoms with Crippen LogP contribution in [0.4, 0.5) is 0 Å². The first kappa shape index (κ1) is 35.4. The van der Waals surface area contributed by atoms with Crippen LogP contribution in [0.1, 0.15) is 42.7 Å². The molecule has 2 heteroatoms. The van der Waals surface area contributed by atoms with Gasteiger partial charge in [0.05, 0.1) is 5.69 Å². The van der Waals surface area contributed by atoms with Gasteiger partial charge >= 0.3 is 0 Å². The fourth-order valence-corrected chi connectivity index (χ4v) is 9.52. The maximum Gasteiger partial charge on any atom is 0.0699 e. The molecule has 0 fully saturated rings. The van der Waals surface area contributed by atoms with Crippen LogP contribution in [0, 0.1) is 5.92 Å². The summed E-state index contributed by atoms with van der Waals surface area (Å²) in [7, 11) is 0. The quantitative estimate of drug-likeness (QED) is 0.130. The van der Waals surface area contributed by atoms with Crippen molar-refractivity contribution in [3.05, 3.63) is 223 Å². The maximum absolute atomic E-state index is 6.90. The first-order valence-corrected chi connectivity index (χ1v) is 20.2. The Labute approximate surface area is 340 Å². The van der Waals surface area contributed by atoms with Crippen molar-refractivity contribution in [2.45, 2.75) is 25.7 Å². The molecule has 0 amide bonds. The van der Waals surface area contributed by atoms with E-state index in [-0.39, 0.29) is 11.3 Å². The van der Waals surface area contributed by atoms with Crippen LogP contribution < -0.4 is 5.73 Å². The van der Waals surface area contributed by atoms with Gasteiger partial charge in [0.2, 0.25) is 0 Å². The number of aromatic nitrogens is 1. The molecule has 1 unspecified atom stereocenters. The molecule has 0 radical (unpaired) electrons. The standard InChI is InChI=1S/C56H44N2/c1-4-5-6-21-52(57)41-31-42(53-22-13-14-29-58-53)33-43(32-41)55-46-19-10-9-18-45(46)54(40-26-28-51-48(35-40)44-17-11-12-20-50(44)56(51,2)3)49-34-39(25-27-47(49)55)38-24-23-36-15-7-8-16-37(36)30-38/h4-31,33-35,41H,1,32,57H2,2-3H3/b6-5-,52-21-. The topological polar surface area (TPSA) is 38.9 Å². The molecule has 2 nitrogen and oxygen atoms in total. The molecule has 0 saturated heterocycles. The Balaban J connectivity index is 1.25. The summed E-state index contributed by atoms with van der Waals surface area (Å²) in [5.41, 5.74) is 22.4. The summed E-state index contributed by atoms with van der Waals surface area (Å²) in [5, 5.41) is 7.39. The van der Waals surface area contributed by atoms with E-state index >= 15 is 0 Å². The lowest BCUT2D eigenvalue weighted by atomic mass is 9.78. The Morgan fingerprint density at radius 1 is 0.638 bits per heavy atom. The van der Waals surface area contributed by atoms with Crippen molar-refractivity contribution in [1.82, 2.24) is 4.98 Å². The van der Waals surface area contributed by atoms with E-state index in [0.29, 0.717) is 0 Å². The first-order valence-electron chi connectivity index (χ1n) is 20.2. The maximum atomic E-state index is 6.90. The van der Waals surface area contributed by atoms with Gasteiger partial charge in [0.25, 0.3) is 0 Å². The number of pyridine rings is 1. The minimum absolute atomic E-state index is 0.0167. The smallest absolute Gasteiger partial charge is 0.0699 e. The number of hydrogen-bond acceptors (Lipinski definition) is 2. The number of rotatable bonds is 7. The highest BCUT2D eigenvalue weighted by Crippen LogP contribution is 2.52. The number of benzene rings is 7. The summed E-state index contributed by atoms with van der Waals surface area (Å²) in [6.45, 7) is 8.55. The number of nitrogens with two attached hydrogens (primary N) is 1. The van der Waals surface area contributed by atoms with E-state index in [1.807, 2.05) is 30.5 Å². The largest absolute Gasteiger partial charge is 0.402 e. The minimum atomic E-state index is -0.0672. The van der Waals surface area contributed by atoms with E-state index in [2.05, 4.69) is 172 Å². The Kier molecular flexibility index (Phi) is 8.64. The van der Waals surface area contributed by atoms with Gasteiger partial charge in [-0.2, -0.15) is 0 Å². The van der Waals surface area contributed by atoms with Gasteiger partial charge in [-0.25, -0.2) is 0 Å². The fraction of sp³-hybridized carbons (Fsp3) is 0.0893. The Morgan fingerprint density at radius 3 is 2.16 bits per heavy atom. The summed E-state index contributed by atoms with van der Waals surface area (Å²) in [6, 6.07) is 53.7. The zero-order valence-corrected chi connectivity index (χ0v) is 32.9. The predicted octanol–water partition coefficient (Wildman–Crippen LogP) is 14.3. The first-order chi connectivity index (χ1) is 28.4. The van der Waals surface area contributed by atoms with Crippen LogP contribution in [-0.4, -0.2) is 4.98 Å². The summed E-state index contributed by atoms with van der Waals surface area (Å²) < 4.78 is 0. The Bertz CT molecular complexity index is 3080. The normalized spacial score (nSPS) is 16.0. The summed E-state index contributed by atoms with van der Waals surface area (Å²) in [6.07, 6.45) is 14.9. The van der Waals surface area contributed by atoms with Crippen molar-refractivity contribution in [3.63, 3.8) is 0 Å². The van der Waals surface area contributed by atoms with Gasteiger partial charge in [-0.05, 0) is 142 Å². The molecule has 0 saturated carbocycles. The van der Waals surface area contributed by atoms with Crippen LogP contribution in [0.5, 0.6) is 0 Å². The molecule has 2 aliphatic carbocycles. The van der Waals surface area contributed by atoms with Crippen LogP contribution in [0.3, 0.4) is 0 Å². The van der Waals surface area contributed by atoms with Crippen molar-refractivity contribution in [2.75, 3.05) is 0 Å². The monoisotopic (exact) mass is 744 g/mol. The molecule has 0 bridgehead atoms. The third-order valence-corrected chi connectivity index (χ3v) is 12.4. The van der Waals surface area contributed by atoms with E-state index in [4.69, 9.17) is 10.7 Å². The Morgan fingerprint density at radius 2 is 1.33 bits per heavy atom. The van der Waals surface area contributed by atoms with Gasteiger partial charge in [0, 0.05) is 23.2 Å². The Hall–Kier alpha value is -7.03. The van der Waals surface area contributed by atoms with Gasteiger partial charge < -0.3 is 5.73 Å².